The fourth-order valence-corrected chi connectivity index (χ4v) is 3.59. The highest BCUT2D eigenvalue weighted by molar-refractivity contribution is 7.11. The van der Waals surface area contributed by atoms with Gasteiger partial charge in [-0.05, 0) is 37.4 Å². The van der Waals surface area contributed by atoms with Crippen LogP contribution in [0.5, 0.6) is 0 Å². The SMILES string of the molecule is CCN(CC1CCCO1)c1snc(N)c1-c1cccnc1. The predicted molar refractivity (Wildman–Crippen MR) is 86.6 cm³/mol. The zero-order valence-corrected chi connectivity index (χ0v) is 13.0. The van der Waals surface area contributed by atoms with Gasteiger partial charge >= 0.3 is 0 Å². The number of rotatable bonds is 5. The third kappa shape index (κ3) is 3.01. The molecule has 0 aromatic carbocycles. The van der Waals surface area contributed by atoms with Crippen LogP contribution in [0.3, 0.4) is 0 Å². The lowest BCUT2D eigenvalue weighted by molar-refractivity contribution is 0.116. The molecule has 112 valence electrons. The number of nitrogen functional groups attached to an aromatic ring is 1. The summed E-state index contributed by atoms with van der Waals surface area (Å²) in [4.78, 5) is 6.50. The van der Waals surface area contributed by atoms with Gasteiger partial charge < -0.3 is 15.4 Å². The van der Waals surface area contributed by atoms with Crippen LogP contribution in [0.15, 0.2) is 24.5 Å². The Balaban J connectivity index is 1.90. The highest BCUT2D eigenvalue weighted by atomic mass is 32.1. The Morgan fingerprint density at radius 3 is 3.10 bits per heavy atom. The molecule has 5 nitrogen and oxygen atoms in total. The van der Waals surface area contributed by atoms with E-state index < -0.39 is 0 Å². The molecule has 2 aromatic rings. The number of likely N-dealkylation sites (N-methyl/N-ethyl adjacent to an activating group) is 1. The number of ether oxygens (including phenoxy) is 1. The molecule has 1 unspecified atom stereocenters. The molecule has 1 fully saturated rings. The molecule has 3 heterocycles. The third-order valence-electron chi connectivity index (χ3n) is 3.77. The van der Waals surface area contributed by atoms with E-state index >= 15 is 0 Å². The minimum absolute atomic E-state index is 0.315. The van der Waals surface area contributed by atoms with Crippen LogP contribution >= 0.6 is 11.5 Å². The second-order valence-electron chi connectivity index (χ2n) is 5.16. The first-order valence-electron chi connectivity index (χ1n) is 7.31. The first kappa shape index (κ1) is 14.3. The molecule has 2 N–H and O–H groups in total. The van der Waals surface area contributed by atoms with Gasteiger partial charge in [0.1, 0.15) is 10.8 Å². The van der Waals surface area contributed by atoms with Crippen LogP contribution in [-0.4, -0.2) is 35.2 Å². The maximum absolute atomic E-state index is 6.09. The van der Waals surface area contributed by atoms with Gasteiger partial charge in [-0.3, -0.25) is 4.98 Å². The van der Waals surface area contributed by atoms with Gasteiger partial charge in [-0.15, -0.1) is 0 Å². The molecule has 0 aliphatic carbocycles. The summed E-state index contributed by atoms with van der Waals surface area (Å²) >= 11 is 1.45. The van der Waals surface area contributed by atoms with E-state index in [1.807, 2.05) is 18.3 Å². The van der Waals surface area contributed by atoms with Gasteiger partial charge in [-0.25, -0.2) is 0 Å². The average Bonchev–Trinajstić information content (AvgIpc) is 3.15. The van der Waals surface area contributed by atoms with E-state index in [2.05, 4.69) is 21.2 Å². The van der Waals surface area contributed by atoms with Gasteiger partial charge in [0.2, 0.25) is 0 Å². The summed E-state index contributed by atoms with van der Waals surface area (Å²) in [5.41, 5.74) is 8.10. The first-order valence-corrected chi connectivity index (χ1v) is 8.09. The number of hydrogen-bond donors (Lipinski definition) is 1. The van der Waals surface area contributed by atoms with Gasteiger partial charge in [0, 0.05) is 37.7 Å². The van der Waals surface area contributed by atoms with Crippen molar-refractivity contribution in [3.8, 4) is 11.1 Å². The topological polar surface area (TPSA) is 64.3 Å². The van der Waals surface area contributed by atoms with Gasteiger partial charge in [0.05, 0.1) is 11.7 Å². The van der Waals surface area contributed by atoms with E-state index in [0.717, 1.165) is 48.7 Å². The maximum Gasteiger partial charge on any atom is 0.147 e. The third-order valence-corrected chi connectivity index (χ3v) is 4.69. The number of pyridine rings is 1. The maximum atomic E-state index is 6.09. The minimum Gasteiger partial charge on any atom is -0.382 e. The molecular formula is C15H20N4OS. The molecule has 0 amide bonds. The van der Waals surface area contributed by atoms with Gasteiger partial charge in [0.15, 0.2) is 0 Å². The molecular weight excluding hydrogens is 284 g/mol. The standard InChI is InChI=1S/C15H20N4OS/c1-2-19(10-12-6-4-8-20-12)15-13(14(16)18-21-15)11-5-3-7-17-9-11/h3,5,7,9,12H,2,4,6,8,10H2,1H3,(H2,16,18). The van der Waals surface area contributed by atoms with E-state index in [-0.39, 0.29) is 0 Å². The van der Waals surface area contributed by atoms with E-state index in [1.165, 1.54) is 11.5 Å². The van der Waals surface area contributed by atoms with Crippen LogP contribution < -0.4 is 10.6 Å². The van der Waals surface area contributed by atoms with E-state index in [1.54, 1.807) is 6.20 Å². The summed E-state index contributed by atoms with van der Waals surface area (Å²) in [6.07, 6.45) is 6.21. The second kappa shape index (κ2) is 6.41. The molecule has 0 saturated carbocycles. The van der Waals surface area contributed by atoms with Crippen LogP contribution in [0, 0.1) is 0 Å². The zero-order chi connectivity index (χ0) is 14.7. The summed E-state index contributed by atoms with van der Waals surface area (Å²) < 4.78 is 10.1. The molecule has 0 bridgehead atoms. The molecule has 0 radical (unpaired) electrons. The van der Waals surface area contributed by atoms with Crippen LogP contribution in [0.25, 0.3) is 11.1 Å². The summed E-state index contributed by atoms with van der Waals surface area (Å²) in [5.74, 6) is 0.578. The van der Waals surface area contributed by atoms with Gasteiger partial charge in [-0.2, -0.15) is 4.37 Å². The van der Waals surface area contributed by atoms with Gasteiger partial charge in [0.25, 0.3) is 0 Å². The van der Waals surface area contributed by atoms with Crippen molar-refractivity contribution in [1.29, 1.82) is 0 Å². The second-order valence-corrected chi connectivity index (χ2v) is 5.92. The molecule has 1 aliphatic rings. The van der Waals surface area contributed by atoms with Crippen LogP contribution in [-0.2, 0) is 4.74 Å². The fourth-order valence-electron chi connectivity index (χ4n) is 2.68. The van der Waals surface area contributed by atoms with E-state index in [0.29, 0.717) is 11.9 Å². The Kier molecular flexibility index (Phi) is 4.36. The summed E-state index contributed by atoms with van der Waals surface area (Å²) in [5, 5.41) is 1.11. The normalized spacial score (nSPS) is 18.0. The molecule has 1 aliphatic heterocycles. The van der Waals surface area contributed by atoms with Crippen LogP contribution in [0.1, 0.15) is 19.8 Å². The Bertz CT molecular complexity index is 581. The minimum atomic E-state index is 0.315. The van der Waals surface area contributed by atoms with E-state index in [9.17, 15) is 0 Å². The van der Waals surface area contributed by atoms with Crippen molar-refractivity contribution >= 4 is 22.4 Å². The predicted octanol–water partition coefficient (Wildman–Crippen LogP) is 2.79. The zero-order valence-electron chi connectivity index (χ0n) is 12.2. The monoisotopic (exact) mass is 304 g/mol. The summed E-state index contributed by atoms with van der Waals surface area (Å²) in [7, 11) is 0. The number of nitrogens with two attached hydrogens (primary N) is 1. The largest absolute Gasteiger partial charge is 0.382 e. The molecule has 1 saturated heterocycles. The summed E-state index contributed by atoms with van der Waals surface area (Å²) in [6, 6.07) is 3.95. The van der Waals surface area contributed by atoms with Crippen molar-refractivity contribution in [2.24, 2.45) is 0 Å². The highest BCUT2D eigenvalue weighted by Crippen LogP contribution is 2.39. The fraction of sp³-hybridized carbons (Fsp3) is 0.467. The molecule has 3 rings (SSSR count). The van der Waals surface area contributed by atoms with Crippen LogP contribution in [0.4, 0.5) is 10.8 Å². The molecule has 1 atom stereocenters. The number of anilines is 2. The highest BCUT2D eigenvalue weighted by Gasteiger charge is 2.23. The molecule has 6 heteroatoms. The number of aromatic nitrogens is 2. The lowest BCUT2D eigenvalue weighted by atomic mass is 10.1. The van der Waals surface area contributed by atoms with Crippen molar-refractivity contribution in [1.82, 2.24) is 9.36 Å². The lowest BCUT2D eigenvalue weighted by Crippen LogP contribution is -2.31. The molecule has 21 heavy (non-hydrogen) atoms. The lowest BCUT2D eigenvalue weighted by Gasteiger charge is -2.25. The molecule has 2 aromatic heterocycles. The first-order chi connectivity index (χ1) is 10.3. The van der Waals surface area contributed by atoms with Crippen molar-refractivity contribution in [2.75, 3.05) is 30.3 Å². The van der Waals surface area contributed by atoms with Crippen molar-refractivity contribution in [2.45, 2.75) is 25.9 Å². The Hall–Kier alpha value is -1.66. The summed E-state index contributed by atoms with van der Waals surface area (Å²) in [6.45, 7) is 4.83. The van der Waals surface area contributed by atoms with Crippen LogP contribution in [0.2, 0.25) is 0 Å². The molecule has 0 spiro atoms. The van der Waals surface area contributed by atoms with Crippen molar-refractivity contribution in [3.63, 3.8) is 0 Å². The number of hydrogen-bond acceptors (Lipinski definition) is 6. The number of nitrogens with zero attached hydrogens (tertiary/aromatic N) is 3. The van der Waals surface area contributed by atoms with Crippen molar-refractivity contribution in [3.05, 3.63) is 24.5 Å². The quantitative estimate of drug-likeness (QED) is 0.920. The van der Waals surface area contributed by atoms with E-state index in [4.69, 9.17) is 10.5 Å². The Morgan fingerprint density at radius 2 is 2.43 bits per heavy atom. The Morgan fingerprint density at radius 1 is 1.52 bits per heavy atom. The average molecular weight is 304 g/mol. The van der Waals surface area contributed by atoms with Gasteiger partial charge in [-0.1, -0.05) is 6.07 Å². The smallest absolute Gasteiger partial charge is 0.147 e. The Labute approximate surface area is 128 Å². The van der Waals surface area contributed by atoms with Crippen molar-refractivity contribution < 1.29 is 4.74 Å².